The molecule has 6 nitrogen and oxygen atoms in total. The van der Waals surface area contributed by atoms with Crippen molar-refractivity contribution in [1.82, 2.24) is 4.90 Å². The lowest BCUT2D eigenvalue weighted by molar-refractivity contribution is -0.118. The lowest BCUT2D eigenvalue weighted by Gasteiger charge is -2.27. The van der Waals surface area contributed by atoms with Gasteiger partial charge < -0.3 is 14.8 Å². The van der Waals surface area contributed by atoms with E-state index >= 15 is 0 Å². The number of nitrogens with one attached hydrogen (secondary N) is 1. The molecular weight excluding hydrogens is 436 g/mol. The van der Waals surface area contributed by atoms with Gasteiger partial charge in [0.15, 0.2) is 6.61 Å². The quantitative estimate of drug-likeness (QED) is 0.485. The summed E-state index contributed by atoms with van der Waals surface area (Å²) in [6, 6.07) is 17.9. The van der Waals surface area contributed by atoms with Crippen molar-refractivity contribution in [3.05, 3.63) is 81.7 Å². The van der Waals surface area contributed by atoms with Crippen LogP contribution in [0.5, 0.6) is 5.75 Å². The molecule has 172 valence electrons. The second-order valence-corrected chi connectivity index (χ2v) is 9.08. The Balaban J connectivity index is 1.49. The molecular formula is C26H28N2O4S. The number of benzene rings is 2. The SMILES string of the molecule is CCOC(=O)c1c(NC(=O)COc2ccccc2C)sc2c1CCN(Cc1ccccc1)C2. The fourth-order valence-electron chi connectivity index (χ4n) is 3.96. The van der Waals surface area contributed by atoms with Gasteiger partial charge in [0.05, 0.1) is 12.2 Å². The molecule has 1 amide bonds. The molecule has 1 N–H and O–H groups in total. The summed E-state index contributed by atoms with van der Waals surface area (Å²) in [4.78, 5) is 28.9. The van der Waals surface area contributed by atoms with Gasteiger partial charge >= 0.3 is 5.97 Å². The molecule has 33 heavy (non-hydrogen) atoms. The lowest BCUT2D eigenvalue weighted by Crippen LogP contribution is -2.30. The predicted molar refractivity (Wildman–Crippen MR) is 130 cm³/mol. The number of aryl methyl sites for hydroxylation is 1. The maximum atomic E-state index is 12.8. The summed E-state index contributed by atoms with van der Waals surface area (Å²) in [5.41, 5.74) is 3.69. The molecule has 2 aromatic carbocycles. The van der Waals surface area contributed by atoms with E-state index in [4.69, 9.17) is 9.47 Å². The number of ether oxygens (including phenoxy) is 2. The highest BCUT2D eigenvalue weighted by atomic mass is 32.1. The van der Waals surface area contributed by atoms with E-state index in [0.717, 1.165) is 42.1 Å². The van der Waals surface area contributed by atoms with Crippen LogP contribution >= 0.6 is 11.3 Å². The summed E-state index contributed by atoms with van der Waals surface area (Å²) in [6.07, 6.45) is 0.738. The van der Waals surface area contributed by atoms with Gasteiger partial charge in [0.1, 0.15) is 10.8 Å². The zero-order chi connectivity index (χ0) is 23.2. The van der Waals surface area contributed by atoms with Crippen molar-refractivity contribution in [3.8, 4) is 5.75 Å². The van der Waals surface area contributed by atoms with E-state index in [1.54, 1.807) is 6.92 Å². The molecule has 0 radical (unpaired) electrons. The van der Waals surface area contributed by atoms with Gasteiger partial charge in [0.2, 0.25) is 0 Å². The fraction of sp³-hybridized carbons (Fsp3) is 0.308. The van der Waals surface area contributed by atoms with Crippen LogP contribution in [0.15, 0.2) is 54.6 Å². The van der Waals surface area contributed by atoms with E-state index in [1.807, 2.05) is 49.4 Å². The van der Waals surface area contributed by atoms with Crippen LogP contribution in [0.1, 0.15) is 38.8 Å². The van der Waals surface area contributed by atoms with Crippen LogP contribution < -0.4 is 10.1 Å². The monoisotopic (exact) mass is 464 g/mol. The molecule has 2 heterocycles. The smallest absolute Gasteiger partial charge is 0.341 e. The number of esters is 1. The number of nitrogens with zero attached hydrogens (tertiary/aromatic N) is 1. The third kappa shape index (κ3) is 5.61. The topological polar surface area (TPSA) is 67.9 Å². The van der Waals surface area contributed by atoms with E-state index in [2.05, 4.69) is 22.3 Å². The number of rotatable bonds is 8. The first-order chi connectivity index (χ1) is 16.0. The summed E-state index contributed by atoms with van der Waals surface area (Å²) in [5.74, 6) is -0.0227. The molecule has 0 saturated heterocycles. The molecule has 3 aromatic rings. The van der Waals surface area contributed by atoms with Gasteiger partial charge in [-0.1, -0.05) is 48.5 Å². The number of anilines is 1. The molecule has 0 unspecified atom stereocenters. The van der Waals surface area contributed by atoms with E-state index in [-0.39, 0.29) is 25.1 Å². The molecule has 0 aliphatic carbocycles. The van der Waals surface area contributed by atoms with Crippen LogP contribution in [0, 0.1) is 6.92 Å². The second-order valence-electron chi connectivity index (χ2n) is 7.98. The molecule has 7 heteroatoms. The van der Waals surface area contributed by atoms with Gasteiger partial charge in [-0.2, -0.15) is 0 Å². The molecule has 1 aliphatic rings. The van der Waals surface area contributed by atoms with Crippen molar-refractivity contribution >= 4 is 28.2 Å². The van der Waals surface area contributed by atoms with E-state index < -0.39 is 0 Å². The standard InChI is InChI=1S/C26H28N2O4S/c1-3-31-26(30)24-20-13-14-28(15-19-10-5-4-6-11-19)16-22(20)33-25(24)27-23(29)17-32-21-12-8-7-9-18(21)2/h4-12H,3,13-17H2,1-2H3,(H,27,29). The predicted octanol–water partition coefficient (Wildman–Crippen LogP) is 4.81. The first-order valence-electron chi connectivity index (χ1n) is 11.1. The number of fused-ring (bicyclic) bond motifs is 1. The molecule has 0 atom stereocenters. The van der Waals surface area contributed by atoms with Gasteiger partial charge in [0.25, 0.3) is 5.91 Å². The van der Waals surface area contributed by atoms with Gasteiger partial charge in [-0.3, -0.25) is 9.69 Å². The molecule has 4 rings (SSSR count). The van der Waals surface area contributed by atoms with Crippen LogP contribution in [0.3, 0.4) is 0 Å². The molecule has 1 aliphatic heterocycles. The van der Waals surface area contributed by atoms with Crippen molar-refractivity contribution in [3.63, 3.8) is 0 Å². The van der Waals surface area contributed by atoms with Crippen LogP contribution in [-0.2, 0) is 29.0 Å². The number of para-hydroxylation sites is 1. The van der Waals surface area contributed by atoms with Crippen LogP contribution in [-0.4, -0.2) is 36.5 Å². The Morgan fingerprint density at radius 3 is 2.61 bits per heavy atom. The minimum Gasteiger partial charge on any atom is -0.483 e. The van der Waals surface area contributed by atoms with E-state index in [1.165, 1.54) is 16.9 Å². The summed E-state index contributed by atoms with van der Waals surface area (Å²) in [5, 5.41) is 3.44. The third-order valence-corrected chi connectivity index (χ3v) is 6.70. The Kier molecular flexibility index (Phi) is 7.42. The van der Waals surface area contributed by atoms with Crippen LogP contribution in [0.25, 0.3) is 0 Å². The molecule has 0 bridgehead atoms. The number of carbonyl (C=O) groups is 2. The number of hydrogen-bond acceptors (Lipinski definition) is 6. The zero-order valence-electron chi connectivity index (χ0n) is 18.9. The Morgan fingerprint density at radius 2 is 1.85 bits per heavy atom. The van der Waals surface area contributed by atoms with Gasteiger partial charge in [-0.15, -0.1) is 11.3 Å². The number of amides is 1. The van der Waals surface area contributed by atoms with Crippen molar-refractivity contribution in [1.29, 1.82) is 0 Å². The molecule has 0 saturated carbocycles. The molecule has 0 spiro atoms. The third-order valence-electron chi connectivity index (χ3n) is 5.57. The van der Waals surface area contributed by atoms with Crippen molar-refractivity contribution in [2.45, 2.75) is 33.4 Å². The van der Waals surface area contributed by atoms with Gasteiger partial charge in [-0.05, 0) is 43.0 Å². The first kappa shape index (κ1) is 23.0. The minimum absolute atomic E-state index is 0.129. The Bertz CT molecular complexity index is 1130. The summed E-state index contributed by atoms with van der Waals surface area (Å²) < 4.78 is 11.0. The summed E-state index contributed by atoms with van der Waals surface area (Å²) >= 11 is 1.45. The van der Waals surface area contributed by atoms with E-state index in [0.29, 0.717) is 16.3 Å². The van der Waals surface area contributed by atoms with Crippen LogP contribution in [0.2, 0.25) is 0 Å². The largest absolute Gasteiger partial charge is 0.483 e. The Labute approximate surface area is 198 Å². The van der Waals surface area contributed by atoms with Crippen molar-refractivity contribution < 1.29 is 19.1 Å². The highest BCUT2D eigenvalue weighted by Crippen LogP contribution is 2.38. The van der Waals surface area contributed by atoms with Gasteiger partial charge in [0, 0.05) is 24.5 Å². The first-order valence-corrected chi connectivity index (χ1v) is 11.9. The number of carbonyl (C=O) groups excluding carboxylic acids is 2. The molecule has 0 fully saturated rings. The van der Waals surface area contributed by atoms with Crippen molar-refractivity contribution in [2.24, 2.45) is 0 Å². The highest BCUT2D eigenvalue weighted by Gasteiger charge is 2.29. The van der Waals surface area contributed by atoms with Crippen molar-refractivity contribution in [2.75, 3.05) is 25.1 Å². The average Bonchev–Trinajstić information content (AvgIpc) is 3.16. The Morgan fingerprint density at radius 1 is 1.09 bits per heavy atom. The second kappa shape index (κ2) is 10.6. The maximum absolute atomic E-state index is 12.8. The zero-order valence-corrected chi connectivity index (χ0v) is 19.7. The van der Waals surface area contributed by atoms with Crippen LogP contribution in [0.4, 0.5) is 5.00 Å². The minimum atomic E-state index is -0.387. The Hall–Kier alpha value is -3.16. The summed E-state index contributed by atoms with van der Waals surface area (Å²) in [7, 11) is 0. The highest BCUT2D eigenvalue weighted by molar-refractivity contribution is 7.17. The maximum Gasteiger partial charge on any atom is 0.341 e. The van der Waals surface area contributed by atoms with Gasteiger partial charge in [-0.25, -0.2) is 4.79 Å². The number of hydrogen-bond donors (Lipinski definition) is 1. The normalized spacial score (nSPS) is 13.3. The van der Waals surface area contributed by atoms with E-state index in [9.17, 15) is 9.59 Å². The molecule has 1 aromatic heterocycles. The number of thiophene rings is 1. The summed E-state index contributed by atoms with van der Waals surface area (Å²) in [6.45, 7) is 6.29. The lowest BCUT2D eigenvalue weighted by atomic mass is 10.0. The average molecular weight is 465 g/mol. The fourth-order valence-corrected chi connectivity index (χ4v) is 5.26.